The van der Waals surface area contributed by atoms with E-state index < -0.39 is 35.9 Å². The van der Waals surface area contributed by atoms with E-state index in [1.54, 1.807) is 55.5 Å². The van der Waals surface area contributed by atoms with E-state index in [-0.39, 0.29) is 12.0 Å². The molecule has 2 N–H and O–H groups in total. The Labute approximate surface area is 163 Å². The van der Waals surface area contributed by atoms with E-state index in [0.717, 1.165) is 0 Å². The van der Waals surface area contributed by atoms with Crippen LogP contribution in [0.15, 0.2) is 67.3 Å². The fraction of sp³-hybridized carbons (Fsp3) is 0.273. The maximum Gasteiger partial charge on any atom is 0.338 e. The van der Waals surface area contributed by atoms with Crippen LogP contribution in [0.4, 0.5) is 0 Å². The minimum absolute atomic E-state index is 0.140. The number of carboxylic acids is 1. The van der Waals surface area contributed by atoms with Crippen LogP contribution in [0.2, 0.25) is 0 Å². The molecule has 28 heavy (non-hydrogen) atoms. The number of aliphatic hydroxyl groups excluding tert-OH is 1. The second kappa shape index (κ2) is 7.96. The number of hydrogen-bond acceptors (Lipinski definition) is 5. The molecule has 1 aliphatic heterocycles. The molecule has 6 nitrogen and oxygen atoms in total. The van der Waals surface area contributed by atoms with Gasteiger partial charge in [-0.15, -0.1) is 6.58 Å². The first kappa shape index (κ1) is 19.8. The predicted molar refractivity (Wildman–Crippen MR) is 102 cm³/mol. The molecule has 3 rings (SSSR count). The van der Waals surface area contributed by atoms with Gasteiger partial charge in [-0.3, -0.25) is 0 Å². The molecule has 1 unspecified atom stereocenters. The molecule has 1 saturated heterocycles. The predicted octanol–water partition coefficient (Wildman–Crippen LogP) is 3.06. The van der Waals surface area contributed by atoms with Crippen LogP contribution in [0.3, 0.4) is 0 Å². The molecule has 4 atom stereocenters. The highest BCUT2D eigenvalue weighted by atomic mass is 16.6. The second-order valence-electron chi connectivity index (χ2n) is 6.96. The average molecular weight is 382 g/mol. The largest absolute Gasteiger partial charge is 0.478 e. The lowest BCUT2D eigenvalue weighted by Crippen LogP contribution is -2.41. The van der Waals surface area contributed by atoms with Crippen molar-refractivity contribution >= 4 is 11.9 Å². The number of carboxylic acid groups (broad SMARTS) is 1. The number of hydrogen-bond donors (Lipinski definition) is 2. The van der Waals surface area contributed by atoms with Crippen molar-refractivity contribution in [2.45, 2.75) is 31.8 Å². The van der Waals surface area contributed by atoms with Gasteiger partial charge in [-0.05, 0) is 30.7 Å². The van der Waals surface area contributed by atoms with Gasteiger partial charge in [0.15, 0.2) is 6.29 Å². The quantitative estimate of drug-likeness (QED) is 0.589. The van der Waals surface area contributed by atoms with Crippen molar-refractivity contribution in [3.8, 4) is 0 Å². The lowest BCUT2D eigenvalue weighted by Gasteiger charge is -2.30. The third kappa shape index (κ3) is 3.69. The monoisotopic (exact) mass is 382 g/mol. The van der Waals surface area contributed by atoms with E-state index >= 15 is 0 Å². The number of benzene rings is 2. The number of esters is 1. The number of aromatic carboxylic acids is 1. The van der Waals surface area contributed by atoms with Gasteiger partial charge in [-0.2, -0.15) is 0 Å². The molecular formula is C22H22O6. The van der Waals surface area contributed by atoms with Crippen LogP contribution < -0.4 is 0 Å². The Hall–Kier alpha value is -2.96. The Morgan fingerprint density at radius 3 is 2.46 bits per heavy atom. The van der Waals surface area contributed by atoms with Gasteiger partial charge in [0.1, 0.15) is 12.2 Å². The van der Waals surface area contributed by atoms with Crippen molar-refractivity contribution in [3.05, 3.63) is 83.9 Å². The number of carbonyl (C=O) groups is 2. The summed E-state index contributed by atoms with van der Waals surface area (Å²) in [6.45, 7) is 5.45. The van der Waals surface area contributed by atoms with E-state index in [1.165, 1.54) is 12.1 Å². The van der Waals surface area contributed by atoms with Crippen LogP contribution in [-0.4, -0.2) is 40.6 Å². The molecule has 0 spiro atoms. The Morgan fingerprint density at radius 2 is 1.82 bits per heavy atom. The molecule has 1 fully saturated rings. The maximum absolute atomic E-state index is 12.6. The normalized spacial score (nSPS) is 26.6. The number of rotatable bonds is 6. The summed E-state index contributed by atoms with van der Waals surface area (Å²) in [6.07, 6.45) is -1.14. The summed E-state index contributed by atoms with van der Waals surface area (Å²) in [5.74, 6) is -1.61. The standard InChI is InChI=1S/C22H22O6/c1-3-22(2)18(28-20(25)14-9-5-4-6-10-14)17(27-21(22)26)13-15-11-7-8-12-16(15)19(23)24/h3-12,17-18,21,26H,1,13H2,2H3,(H,23,24)/t17-,18-,21?,22-/m1/s1. The second-order valence-corrected chi connectivity index (χ2v) is 6.96. The number of aliphatic hydroxyl groups is 1. The van der Waals surface area contributed by atoms with Gasteiger partial charge >= 0.3 is 11.9 Å². The highest BCUT2D eigenvalue weighted by Crippen LogP contribution is 2.42. The van der Waals surface area contributed by atoms with Crippen molar-refractivity contribution in [1.82, 2.24) is 0 Å². The molecule has 146 valence electrons. The first-order valence-corrected chi connectivity index (χ1v) is 8.91. The number of carbonyl (C=O) groups excluding carboxylic acids is 1. The van der Waals surface area contributed by atoms with Crippen LogP contribution in [-0.2, 0) is 15.9 Å². The van der Waals surface area contributed by atoms with Crippen LogP contribution in [0.25, 0.3) is 0 Å². The van der Waals surface area contributed by atoms with Gasteiger partial charge in [0, 0.05) is 6.42 Å². The summed E-state index contributed by atoms with van der Waals surface area (Å²) in [7, 11) is 0. The molecule has 0 amide bonds. The van der Waals surface area contributed by atoms with Gasteiger partial charge in [0.2, 0.25) is 0 Å². The molecule has 0 radical (unpaired) electrons. The van der Waals surface area contributed by atoms with Gasteiger partial charge in [0.25, 0.3) is 0 Å². The zero-order valence-electron chi connectivity index (χ0n) is 15.4. The van der Waals surface area contributed by atoms with E-state index in [2.05, 4.69) is 6.58 Å². The van der Waals surface area contributed by atoms with Crippen molar-refractivity contribution in [3.63, 3.8) is 0 Å². The zero-order valence-corrected chi connectivity index (χ0v) is 15.4. The van der Waals surface area contributed by atoms with E-state index in [9.17, 15) is 19.8 Å². The molecule has 0 aromatic heterocycles. The molecule has 6 heteroatoms. The minimum Gasteiger partial charge on any atom is -0.478 e. The Kier molecular flexibility index (Phi) is 5.63. The molecule has 1 aliphatic rings. The molecule has 0 aliphatic carbocycles. The molecule has 0 saturated carbocycles. The van der Waals surface area contributed by atoms with Crippen LogP contribution in [0, 0.1) is 5.41 Å². The van der Waals surface area contributed by atoms with Crippen molar-refractivity contribution in [1.29, 1.82) is 0 Å². The smallest absolute Gasteiger partial charge is 0.338 e. The summed E-state index contributed by atoms with van der Waals surface area (Å²) in [6, 6.07) is 15.1. The van der Waals surface area contributed by atoms with Crippen LogP contribution in [0.1, 0.15) is 33.2 Å². The maximum atomic E-state index is 12.6. The van der Waals surface area contributed by atoms with Crippen molar-refractivity contribution in [2.75, 3.05) is 0 Å². The van der Waals surface area contributed by atoms with Crippen molar-refractivity contribution < 1.29 is 29.3 Å². The van der Waals surface area contributed by atoms with Crippen molar-refractivity contribution in [2.24, 2.45) is 5.41 Å². The third-order valence-corrected chi connectivity index (χ3v) is 5.14. The molecule has 2 aromatic carbocycles. The van der Waals surface area contributed by atoms with Gasteiger partial charge in [-0.25, -0.2) is 9.59 Å². The van der Waals surface area contributed by atoms with E-state index in [0.29, 0.717) is 11.1 Å². The first-order valence-electron chi connectivity index (χ1n) is 8.91. The highest BCUT2D eigenvalue weighted by Gasteiger charge is 2.53. The highest BCUT2D eigenvalue weighted by molar-refractivity contribution is 5.90. The topological polar surface area (TPSA) is 93.1 Å². The Morgan fingerprint density at radius 1 is 1.18 bits per heavy atom. The summed E-state index contributed by atoms with van der Waals surface area (Å²) in [5.41, 5.74) is 0.00925. The fourth-order valence-electron chi connectivity index (χ4n) is 3.38. The summed E-state index contributed by atoms with van der Waals surface area (Å²) in [4.78, 5) is 24.1. The summed E-state index contributed by atoms with van der Waals surface area (Å²) >= 11 is 0. The lowest BCUT2D eigenvalue weighted by molar-refractivity contribution is -0.120. The minimum atomic E-state index is -1.24. The third-order valence-electron chi connectivity index (χ3n) is 5.14. The first-order chi connectivity index (χ1) is 13.4. The Balaban J connectivity index is 1.90. The average Bonchev–Trinajstić information content (AvgIpc) is 2.93. The van der Waals surface area contributed by atoms with Gasteiger partial charge in [-0.1, -0.05) is 42.5 Å². The SMILES string of the molecule is C=C[C@@]1(C)C(O)O[C@H](Cc2ccccc2C(=O)O)[C@H]1OC(=O)c1ccccc1. The zero-order chi connectivity index (χ0) is 20.3. The molecule has 2 aromatic rings. The number of ether oxygens (including phenoxy) is 2. The Bertz CT molecular complexity index is 878. The summed E-state index contributed by atoms with van der Waals surface area (Å²) in [5, 5.41) is 19.8. The summed E-state index contributed by atoms with van der Waals surface area (Å²) < 4.78 is 11.4. The van der Waals surface area contributed by atoms with Crippen LogP contribution in [0.5, 0.6) is 0 Å². The van der Waals surface area contributed by atoms with Gasteiger partial charge < -0.3 is 19.7 Å². The van der Waals surface area contributed by atoms with E-state index in [4.69, 9.17) is 9.47 Å². The lowest BCUT2D eigenvalue weighted by atomic mass is 9.82. The van der Waals surface area contributed by atoms with E-state index in [1.807, 2.05) is 0 Å². The van der Waals surface area contributed by atoms with Gasteiger partial charge in [0.05, 0.1) is 16.5 Å². The fourth-order valence-corrected chi connectivity index (χ4v) is 3.38. The molecular weight excluding hydrogens is 360 g/mol. The van der Waals surface area contributed by atoms with Crippen LogP contribution >= 0.6 is 0 Å². The molecule has 0 bridgehead atoms. The molecule has 1 heterocycles.